The second-order valence-electron chi connectivity index (χ2n) is 3.55. The molecule has 1 aromatic heterocycles. The molecule has 0 spiro atoms. The van der Waals surface area contributed by atoms with E-state index in [4.69, 9.17) is 5.11 Å². The first kappa shape index (κ1) is 11.3. The van der Waals surface area contributed by atoms with Crippen molar-refractivity contribution in [2.24, 2.45) is 0 Å². The first-order chi connectivity index (χ1) is 7.61. The van der Waals surface area contributed by atoms with Crippen molar-refractivity contribution in [2.75, 3.05) is 0 Å². The van der Waals surface area contributed by atoms with Gasteiger partial charge in [-0.15, -0.1) is 0 Å². The summed E-state index contributed by atoms with van der Waals surface area (Å²) in [4.78, 5) is 4.25. The van der Waals surface area contributed by atoms with E-state index < -0.39 is 0 Å². The maximum absolute atomic E-state index is 9.07. The lowest BCUT2D eigenvalue weighted by Gasteiger charge is -2.06. The van der Waals surface area contributed by atoms with E-state index in [2.05, 4.69) is 26.0 Å². The zero-order valence-electron chi connectivity index (χ0n) is 9.11. The van der Waals surface area contributed by atoms with Gasteiger partial charge in [0.05, 0.1) is 12.3 Å². The molecule has 84 valence electrons. The van der Waals surface area contributed by atoms with Crippen molar-refractivity contribution in [2.45, 2.75) is 20.5 Å². The highest BCUT2D eigenvalue weighted by Gasteiger charge is 2.07. The number of benzene rings is 1. The minimum Gasteiger partial charge on any atom is -0.392 e. The van der Waals surface area contributed by atoms with Crippen LogP contribution < -0.4 is 0 Å². The molecule has 0 saturated carbocycles. The van der Waals surface area contributed by atoms with Crippen LogP contribution in [0.15, 0.2) is 22.7 Å². The van der Waals surface area contributed by atoms with E-state index >= 15 is 0 Å². The minimum absolute atomic E-state index is 0.0240. The maximum atomic E-state index is 9.07. The summed E-state index contributed by atoms with van der Waals surface area (Å²) in [5.41, 5.74) is 1.79. The highest BCUT2D eigenvalue weighted by molar-refractivity contribution is 9.10. The lowest BCUT2D eigenvalue weighted by molar-refractivity contribution is 0.281. The Morgan fingerprint density at radius 3 is 2.62 bits per heavy atom. The smallest absolute Gasteiger partial charge is 0.148 e. The molecule has 0 aliphatic rings. The van der Waals surface area contributed by atoms with Gasteiger partial charge in [-0.2, -0.15) is 5.10 Å². The van der Waals surface area contributed by atoms with Gasteiger partial charge in [0.1, 0.15) is 11.6 Å². The van der Waals surface area contributed by atoms with E-state index in [1.165, 1.54) is 0 Å². The van der Waals surface area contributed by atoms with E-state index in [0.717, 1.165) is 27.4 Å². The van der Waals surface area contributed by atoms with Crippen molar-refractivity contribution in [3.8, 4) is 5.69 Å². The van der Waals surface area contributed by atoms with Gasteiger partial charge >= 0.3 is 0 Å². The summed E-state index contributed by atoms with van der Waals surface area (Å²) in [6, 6.07) is 5.71. The summed E-state index contributed by atoms with van der Waals surface area (Å²) in [7, 11) is 0. The number of aliphatic hydroxyl groups excluding tert-OH is 1. The largest absolute Gasteiger partial charge is 0.392 e. The van der Waals surface area contributed by atoms with Crippen LogP contribution in [0.2, 0.25) is 0 Å². The van der Waals surface area contributed by atoms with Crippen molar-refractivity contribution in [1.82, 2.24) is 14.8 Å². The lowest BCUT2D eigenvalue weighted by Crippen LogP contribution is -2.00. The van der Waals surface area contributed by atoms with Crippen LogP contribution in [-0.2, 0) is 6.61 Å². The predicted octanol–water partition coefficient (Wildman–Crippen LogP) is 2.14. The molecule has 1 N–H and O–H groups in total. The number of hydrogen-bond acceptors (Lipinski definition) is 3. The van der Waals surface area contributed by atoms with Crippen molar-refractivity contribution < 1.29 is 5.11 Å². The molecule has 0 radical (unpaired) electrons. The van der Waals surface area contributed by atoms with E-state index in [1.54, 1.807) is 4.68 Å². The van der Waals surface area contributed by atoms with Gasteiger partial charge in [0.15, 0.2) is 0 Å². The number of aryl methyl sites for hydroxylation is 2. The van der Waals surface area contributed by atoms with E-state index in [-0.39, 0.29) is 6.61 Å². The monoisotopic (exact) mass is 281 g/mol. The van der Waals surface area contributed by atoms with Gasteiger partial charge in [-0.05, 0) is 31.5 Å². The molecule has 0 unspecified atom stereocenters. The molecule has 0 fully saturated rings. The second-order valence-corrected chi connectivity index (χ2v) is 4.41. The number of hydrogen-bond donors (Lipinski definition) is 1. The molecule has 0 saturated heterocycles. The highest BCUT2D eigenvalue weighted by atomic mass is 79.9. The van der Waals surface area contributed by atoms with Crippen LogP contribution in [0.25, 0.3) is 5.69 Å². The summed E-state index contributed by atoms with van der Waals surface area (Å²) >= 11 is 3.41. The molecule has 1 aromatic carbocycles. The number of rotatable bonds is 2. The number of aromatic nitrogens is 3. The zero-order chi connectivity index (χ0) is 11.7. The van der Waals surface area contributed by atoms with Crippen LogP contribution in [-0.4, -0.2) is 19.9 Å². The average Bonchev–Trinajstić information content (AvgIpc) is 2.58. The van der Waals surface area contributed by atoms with Crippen LogP contribution in [0.1, 0.15) is 17.2 Å². The fraction of sp³-hybridized carbons (Fsp3) is 0.273. The van der Waals surface area contributed by atoms with Crippen molar-refractivity contribution in [3.05, 3.63) is 39.9 Å². The van der Waals surface area contributed by atoms with Gasteiger partial charge in [0, 0.05) is 4.47 Å². The summed E-state index contributed by atoms with van der Waals surface area (Å²) in [6.07, 6.45) is 0. The quantitative estimate of drug-likeness (QED) is 0.918. The zero-order valence-corrected chi connectivity index (χ0v) is 10.7. The van der Waals surface area contributed by atoms with Crippen LogP contribution in [0.3, 0.4) is 0 Å². The molecule has 2 aromatic rings. The average molecular weight is 282 g/mol. The lowest BCUT2D eigenvalue weighted by atomic mass is 10.2. The molecule has 0 bridgehead atoms. The molecule has 2 rings (SSSR count). The second kappa shape index (κ2) is 4.35. The summed E-state index contributed by atoms with van der Waals surface area (Å²) < 4.78 is 2.65. The van der Waals surface area contributed by atoms with Gasteiger partial charge in [-0.1, -0.05) is 22.0 Å². The van der Waals surface area contributed by atoms with Gasteiger partial charge in [-0.3, -0.25) is 0 Å². The van der Waals surface area contributed by atoms with E-state index in [9.17, 15) is 0 Å². The molecule has 1 heterocycles. The van der Waals surface area contributed by atoms with Crippen molar-refractivity contribution in [1.29, 1.82) is 0 Å². The SMILES string of the molecule is Cc1nc(C)n(-c2ccc(CO)c(Br)c2)n1. The Bertz CT molecular complexity index is 522. The van der Waals surface area contributed by atoms with Gasteiger partial charge in [0.2, 0.25) is 0 Å². The van der Waals surface area contributed by atoms with Gasteiger partial charge < -0.3 is 5.11 Å². The molecular weight excluding hydrogens is 270 g/mol. The van der Waals surface area contributed by atoms with Crippen molar-refractivity contribution in [3.63, 3.8) is 0 Å². The van der Waals surface area contributed by atoms with E-state index in [0.29, 0.717) is 0 Å². The Morgan fingerprint density at radius 1 is 1.38 bits per heavy atom. The predicted molar refractivity (Wildman–Crippen MR) is 64.5 cm³/mol. The summed E-state index contributed by atoms with van der Waals surface area (Å²) in [5, 5.41) is 13.4. The Hall–Kier alpha value is -1.20. The van der Waals surface area contributed by atoms with Gasteiger partial charge in [0.25, 0.3) is 0 Å². The van der Waals surface area contributed by atoms with Crippen LogP contribution >= 0.6 is 15.9 Å². The fourth-order valence-corrected chi connectivity index (χ4v) is 2.05. The molecule has 4 nitrogen and oxygen atoms in total. The molecule has 5 heteroatoms. The highest BCUT2D eigenvalue weighted by Crippen LogP contribution is 2.21. The first-order valence-corrected chi connectivity index (χ1v) is 5.71. The Labute approximate surface area is 102 Å². The third kappa shape index (κ3) is 2.01. The Morgan fingerprint density at radius 2 is 2.12 bits per heavy atom. The van der Waals surface area contributed by atoms with Crippen molar-refractivity contribution >= 4 is 15.9 Å². The third-order valence-corrected chi connectivity index (χ3v) is 3.06. The molecule has 0 atom stereocenters. The number of halogens is 1. The molecular formula is C11H12BrN3O. The Kier molecular flexibility index (Phi) is 3.07. The number of nitrogens with zero attached hydrogens (tertiary/aromatic N) is 3. The first-order valence-electron chi connectivity index (χ1n) is 4.91. The topological polar surface area (TPSA) is 50.9 Å². The minimum atomic E-state index is 0.0240. The van der Waals surface area contributed by atoms with E-state index in [1.807, 2.05) is 32.0 Å². The van der Waals surface area contributed by atoms with Crippen LogP contribution in [0.4, 0.5) is 0 Å². The van der Waals surface area contributed by atoms with Crippen LogP contribution in [0, 0.1) is 13.8 Å². The van der Waals surface area contributed by atoms with Gasteiger partial charge in [-0.25, -0.2) is 9.67 Å². The summed E-state index contributed by atoms with van der Waals surface area (Å²) in [5.74, 6) is 1.60. The Balaban J connectivity index is 2.49. The molecule has 0 amide bonds. The number of aliphatic hydroxyl groups is 1. The van der Waals surface area contributed by atoms with Crippen LogP contribution in [0.5, 0.6) is 0 Å². The molecule has 16 heavy (non-hydrogen) atoms. The summed E-state index contributed by atoms with van der Waals surface area (Å²) in [6.45, 7) is 3.80. The fourth-order valence-electron chi connectivity index (χ4n) is 1.56. The standard InChI is InChI=1S/C11H12BrN3O/c1-7-13-8(2)15(14-7)10-4-3-9(6-16)11(12)5-10/h3-5,16H,6H2,1-2H3. The molecule has 0 aliphatic carbocycles. The third-order valence-electron chi connectivity index (χ3n) is 2.33. The normalized spacial score (nSPS) is 10.8. The molecule has 0 aliphatic heterocycles. The maximum Gasteiger partial charge on any atom is 0.148 e.